The van der Waals surface area contributed by atoms with Gasteiger partial charge in [0.05, 0.1) is 11.6 Å². The average Bonchev–Trinajstić information content (AvgIpc) is 2.78. The van der Waals surface area contributed by atoms with Crippen LogP contribution in [0.3, 0.4) is 0 Å². The molecule has 16 heavy (non-hydrogen) atoms. The van der Waals surface area contributed by atoms with Crippen molar-refractivity contribution in [3.63, 3.8) is 0 Å². The van der Waals surface area contributed by atoms with Crippen molar-refractivity contribution >= 4 is 11.6 Å². The van der Waals surface area contributed by atoms with Crippen molar-refractivity contribution < 1.29 is 9.84 Å². The number of H-pyrrole nitrogens is 1. The average molecular weight is 239 g/mol. The summed E-state index contributed by atoms with van der Waals surface area (Å²) < 4.78 is 5.28. The van der Waals surface area contributed by atoms with Gasteiger partial charge in [0.25, 0.3) is 0 Å². The molecular weight excluding hydrogens is 228 g/mol. The van der Waals surface area contributed by atoms with E-state index in [0.717, 1.165) is 5.56 Å². The van der Waals surface area contributed by atoms with Gasteiger partial charge in [0.15, 0.2) is 11.5 Å². The fourth-order valence-electron chi connectivity index (χ4n) is 1.40. The first kappa shape index (κ1) is 10.8. The molecule has 1 heterocycles. The van der Waals surface area contributed by atoms with E-state index >= 15 is 0 Å². The Morgan fingerprint density at radius 2 is 2.31 bits per heavy atom. The zero-order valence-electron chi connectivity index (χ0n) is 8.70. The minimum absolute atomic E-state index is 0.0428. The molecule has 0 fully saturated rings. The SMILES string of the molecule is CCOc1cc(-c2ncc[nH]2)cc(Cl)c1O. The molecule has 2 N–H and O–H groups in total. The van der Waals surface area contributed by atoms with Crippen molar-refractivity contribution in [1.82, 2.24) is 9.97 Å². The highest BCUT2D eigenvalue weighted by Crippen LogP contribution is 2.37. The van der Waals surface area contributed by atoms with Gasteiger partial charge in [0.2, 0.25) is 0 Å². The molecule has 1 aromatic carbocycles. The Morgan fingerprint density at radius 3 is 2.94 bits per heavy atom. The molecular formula is C11H11ClN2O2. The van der Waals surface area contributed by atoms with Gasteiger partial charge in [0, 0.05) is 18.0 Å². The lowest BCUT2D eigenvalue weighted by Gasteiger charge is -2.08. The number of aromatic amines is 1. The van der Waals surface area contributed by atoms with E-state index in [0.29, 0.717) is 18.2 Å². The van der Waals surface area contributed by atoms with Crippen molar-refractivity contribution in [2.45, 2.75) is 6.92 Å². The molecule has 0 bridgehead atoms. The maximum absolute atomic E-state index is 9.66. The van der Waals surface area contributed by atoms with E-state index in [2.05, 4.69) is 9.97 Å². The molecule has 0 aliphatic rings. The monoisotopic (exact) mass is 238 g/mol. The van der Waals surface area contributed by atoms with Crippen LogP contribution in [0.1, 0.15) is 6.92 Å². The number of hydrogen-bond acceptors (Lipinski definition) is 3. The molecule has 5 heteroatoms. The largest absolute Gasteiger partial charge is 0.503 e. The minimum atomic E-state index is -0.0428. The smallest absolute Gasteiger partial charge is 0.176 e. The van der Waals surface area contributed by atoms with Crippen LogP contribution < -0.4 is 4.74 Å². The molecule has 4 nitrogen and oxygen atoms in total. The van der Waals surface area contributed by atoms with E-state index in [1.807, 2.05) is 6.92 Å². The zero-order valence-corrected chi connectivity index (χ0v) is 9.45. The Hall–Kier alpha value is -1.68. The fourth-order valence-corrected chi connectivity index (χ4v) is 1.61. The molecule has 2 rings (SSSR count). The number of nitrogens with one attached hydrogen (secondary N) is 1. The lowest BCUT2D eigenvalue weighted by molar-refractivity contribution is 0.318. The fraction of sp³-hybridized carbons (Fsp3) is 0.182. The number of aromatic nitrogens is 2. The predicted molar refractivity (Wildman–Crippen MR) is 61.9 cm³/mol. The summed E-state index contributed by atoms with van der Waals surface area (Å²) in [5.74, 6) is 1.00. The molecule has 0 aliphatic heterocycles. The van der Waals surface area contributed by atoms with Crippen LogP contribution >= 0.6 is 11.6 Å². The van der Waals surface area contributed by atoms with Crippen molar-refractivity contribution in [3.05, 3.63) is 29.5 Å². The second kappa shape index (κ2) is 4.45. The number of nitrogens with zero attached hydrogens (tertiary/aromatic N) is 1. The van der Waals surface area contributed by atoms with Crippen molar-refractivity contribution in [2.75, 3.05) is 6.61 Å². The summed E-state index contributed by atoms with van der Waals surface area (Å²) in [6, 6.07) is 3.34. The number of phenolic OH excluding ortho intramolecular Hbond substituents is 1. The van der Waals surface area contributed by atoms with Gasteiger partial charge < -0.3 is 14.8 Å². The number of ether oxygens (including phenoxy) is 1. The predicted octanol–water partition coefficient (Wildman–Crippen LogP) is 2.83. The van der Waals surface area contributed by atoms with Crippen LogP contribution in [0.15, 0.2) is 24.5 Å². The lowest BCUT2D eigenvalue weighted by atomic mass is 10.2. The summed E-state index contributed by atoms with van der Waals surface area (Å²) >= 11 is 5.90. The van der Waals surface area contributed by atoms with Crippen molar-refractivity contribution in [1.29, 1.82) is 0 Å². The Bertz CT molecular complexity index is 483. The first-order valence-corrected chi connectivity index (χ1v) is 5.25. The topological polar surface area (TPSA) is 58.1 Å². The number of aromatic hydroxyl groups is 1. The summed E-state index contributed by atoms with van der Waals surface area (Å²) in [6.07, 6.45) is 3.37. The molecule has 1 aromatic heterocycles. The van der Waals surface area contributed by atoms with Crippen molar-refractivity contribution in [2.24, 2.45) is 0 Å². The van der Waals surface area contributed by atoms with Gasteiger partial charge in [-0.15, -0.1) is 0 Å². The molecule has 2 aromatic rings. The van der Waals surface area contributed by atoms with Crippen LogP contribution in [0.25, 0.3) is 11.4 Å². The van der Waals surface area contributed by atoms with E-state index in [4.69, 9.17) is 16.3 Å². The van der Waals surface area contributed by atoms with Gasteiger partial charge in [-0.25, -0.2) is 4.98 Å². The Labute approximate surface area is 97.9 Å². The summed E-state index contributed by atoms with van der Waals surface area (Å²) in [7, 11) is 0. The summed E-state index contributed by atoms with van der Waals surface area (Å²) in [4.78, 5) is 7.07. The van der Waals surface area contributed by atoms with Crippen LogP contribution in [0.4, 0.5) is 0 Å². The van der Waals surface area contributed by atoms with E-state index in [-0.39, 0.29) is 10.8 Å². The van der Waals surface area contributed by atoms with Gasteiger partial charge >= 0.3 is 0 Å². The lowest BCUT2D eigenvalue weighted by Crippen LogP contribution is -1.93. The third kappa shape index (κ3) is 1.97. The van der Waals surface area contributed by atoms with Crippen LogP contribution in [-0.4, -0.2) is 21.7 Å². The third-order valence-electron chi connectivity index (χ3n) is 2.10. The van der Waals surface area contributed by atoms with Gasteiger partial charge in [-0.3, -0.25) is 0 Å². The number of phenols is 1. The minimum Gasteiger partial charge on any atom is -0.503 e. The highest BCUT2D eigenvalue weighted by atomic mass is 35.5. The zero-order chi connectivity index (χ0) is 11.5. The molecule has 0 amide bonds. The van der Waals surface area contributed by atoms with Gasteiger partial charge in [0.1, 0.15) is 5.82 Å². The molecule has 0 spiro atoms. The number of rotatable bonds is 3. The summed E-state index contributed by atoms with van der Waals surface area (Å²) in [6.45, 7) is 2.30. The highest BCUT2D eigenvalue weighted by Gasteiger charge is 2.11. The molecule has 84 valence electrons. The third-order valence-corrected chi connectivity index (χ3v) is 2.39. The first-order chi connectivity index (χ1) is 7.72. The van der Waals surface area contributed by atoms with Crippen molar-refractivity contribution in [3.8, 4) is 22.9 Å². The Balaban J connectivity index is 2.48. The summed E-state index contributed by atoms with van der Waals surface area (Å²) in [5.41, 5.74) is 0.774. The maximum Gasteiger partial charge on any atom is 0.176 e. The highest BCUT2D eigenvalue weighted by molar-refractivity contribution is 6.32. The molecule has 0 saturated heterocycles. The number of imidazole rings is 1. The normalized spacial score (nSPS) is 10.4. The molecule has 0 saturated carbocycles. The molecule has 0 radical (unpaired) electrons. The second-order valence-electron chi connectivity index (χ2n) is 3.18. The van der Waals surface area contributed by atoms with E-state index < -0.39 is 0 Å². The van der Waals surface area contributed by atoms with Crippen LogP contribution in [0, 0.1) is 0 Å². The van der Waals surface area contributed by atoms with Crippen LogP contribution in [0.5, 0.6) is 11.5 Å². The van der Waals surface area contributed by atoms with Gasteiger partial charge in [-0.2, -0.15) is 0 Å². The second-order valence-corrected chi connectivity index (χ2v) is 3.58. The Morgan fingerprint density at radius 1 is 1.50 bits per heavy atom. The molecule has 0 atom stereocenters. The molecule has 0 unspecified atom stereocenters. The number of hydrogen-bond donors (Lipinski definition) is 2. The van der Waals surface area contributed by atoms with E-state index in [1.54, 1.807) is 24.5 Å². The summed E-state index contributed by atoms with van der Waals surface area (Å²) in [5, 5.41) is 9.91. The van der Waals surface area contributed by atoms with Crippen LogP contribution in [-0.2, 0) is 0 Å². The standard InChI is InChI=1S/C11H11ClN2O2/c1-2-16-9-6-7(5-8(12)10(9)15)11-13-3-4-14-11/h3-6,15H,2H2,1H3,(H,13,14). The van der Waals surface area contributed by atoms with Crippen LogP contribution in [0.2, 0.25) is 5.02 Å². The Kier molecular flexibility index (Phi) is 3.01. The first-order valence-electron chi connectivity index (χ1n) is 4.87. The maximum atomic E-state index is 9.66. The van der Waals surface area contributed by atoms with Gasteiger partial charge in [-0.1, -0.05) is 11.6 Å². The van der Waals surface area contributed by atoms with Gasteiger partial charge in [-0.05, 0) is 19.1 Å². The van der Waals surface area contributed by atoms with E-state index in [9.17, 15) is 5.11 Å². The number of halogens is 1. The number of benzene rings is 1. The quantitative estimate of drug-likeness (QED) is 0.865. The van der Waals surface area contributed by atoms with E-state index in [1.165, 1.54) is 0 Å². The molecule has 0 aliphatic carbocycles.